The molecule has 1 nitrogen and oxygen atoms in total. The monoisotopic (exact) mass is 212 g/mol. The molecule has 1 atom stereocenters. The van der Waals surface area contributed by atoms with E-state index in [9.17, 15) is 5.11 Å². The standard InChI is InChI=1S/C14H28O/c1-3-5-6-7-8-9-10-11-12-13-14(15)4-2/h11-12,14-15H,3-10,13H2,1-2H3/b12-11+. The van der Waals surface area contributed by atoms with E-state index in [0.29, 0.717) is 0 Å². The third kappa shape index (κ3) is 11.6. The molecule has 0 saturated heterocycles. The van der Waals surface area contributed by atoms with Crippen molar-refractivity contribution in [3.63, 3.8) is 0 Å². The molecule has 0 aromatic carbocycles. The summed E-state index contributed by atoms with van der Waals surface area (Å²) in [5.41, 5.74) is 0. The third-order valence-electron chi connectivity index (χ3n) is 2.77. The topological polar surface area (TPSA) is 20.2 Å². The number of rotatable bonds is 10. The molecule has 1 unspecified atom stereocenters. The second-order valence-electron chi connectivity index (χ2n) is 4.33. The molecule has 1 N–H and O–H groups in total. The highest BCUT2D eigenvalue weighted by atomic mass is 16.3. The van der Waals surface area contributed by atoms with Gasteiger partial charge in [0.15, 0.2) is 0 Å². The zero-order chi connectivity index (χ0) is 11.4. The smallest absolute Gasteiger partial charge is 0.0572 e. The van der Waals surface area contributed by atoms with E-state index in [-0.39, 0.29) is 6.10 Å². The summed E-state index contributed by atoms with van der Waals surface area (Å²) >= 11 is 0. The van der Waals surface area contributed by atoms with E-state index in [1.165, 1.54) is 44.9 Å². The van der Waals surface area contributed by atoms with Crippen molar-refractivity contribution in [3.8, 4) is 0 Å². The van der Waals surface area contributed by atoms with Gasteiger partial charge >= 0.3 is 0 Å². The fourth-order valence-corrected chi connectivity index (χ4v) is 1.58. The second-order valence-corrected chi connectivity index (χ2v) is 4.33. The molecule has 0 spiro atoms. The molecule has 0 amide bonds. The molecule has 1 heteroatoms. The number of hydrogen-bond donors (Lipinski definition) is 1. The van der Waals surface area contributed by atoms with Crippen molar-refractivity contribution in [2.45, 2.75) is 77.7 Å². The first-order valence-corrected chi connectivity index (χ1v) is 6.64. The van der Waals surface area contributed by atoms with Crippen molar-refractivity contribution in [2.24, 2.45) is 0 Å². The van der Waals surface area contributed by atoms with Crippen LogP contribution in [0.4, 0.5) is 0 Å². The van der Waals surface area contributed by atoms with Gasteiger partial charge in [0.05, 0.1) is 6.10 Å². The molecule has 0 radical (unpaired) electrons. The molecule has 0 aliphatic carbocycles. The minimum Gasteiger partial charge on any atom is -0.393 e. The maximum atomic E-state index is 9.31. The van der Waals surface area contributed by atoms with Gasteiger partial charge in [0.25, 0.3) is 0 Å². The van der Waals surface area contributed by atoms with E-state index in [1.807, 2.05) is 6.92 Å². The van der Waals surface area contributed by atoms with Crippen molar-refractivity contribution < 1.29 is 5.11 Å². The van der Waals surface area contributed by atoms with Gasteiger partial charge in [-0.1, -0.05) is 58.1 Å². The highest BCUT2D eigenvalue weighted by Crippen LogP contribution is 2.07. The Morgan fingerprint density at radius 3 is 2.27 bits per heavy atom. The molecule has 0 heterocycles. The third-order valence-corrected chi connectivity index (χ3v) is 2.77. The Bertz CT molecular complexity index is 140. The van der Waals surface area contributed by atoms with Crippen molar-refractivity contribution in [3.05, 3.63) is 12.2 Å². The average Bonchev–Trinajstić information content (AvgIpc) is 2.26. The summed E-state index contributed by atoms with van der Waals surface area (Å²) in [6, 6.07) is 0. The van der Waals surface area contributed by atoms with E-state index in [1.54, 1.807) is 0 Å². The number of aliphatic hydroxyl groups excluding tert-OH is 1. The molecule has 0 saturated carbocycles. The van der Waals surface area contributed by atoms with E-state index < -0.39 is 0 Å². The van der Waals surface area contributed by atoms with Crippen LogP contribution in [-0.4, -0.2) is 11.2 Å². The lowest BCUT2D eigenvalue weighted by atomic mass is 10.1. The van der Waals surface area contributed by atoms with Crippen molar-refractivity contribution in [1.82, 2.24) is 0 Å². The second kappa shape index (κ2) is 11.8. The lowest BCUT2D eigenvalue weighted by Crippen LogP contribution is -2.00. The lowest BCUT2D eigenvalue weighted by Gasteiger charge is -2.01. The Morgan fingerprint density at radius 2 is 1.60 bits per heavy atom. The Hall–Kier alpha value is -0.300. The van der Waals surface area contributed by atoms with E-state index in [4.69, 9.17) is 0 Å². The average molecular weight is 212 g/mol. The maximum Gasteiger partial charge on any atom is 0.0572 e. The Kier molecular flexibility index (Phi) is 11.5. The summed E-state index contributed by atoms with van der Waals surface area (Å²) in [4.78, 5) is 0. The highest BCUT2D eigenvalue weighted by molar-refractivity contribution is 4.83. The summed E-state index contributed by atoms with van der Waals surface area (Å²) in [5, 5.41) is 9.31. The molecule has 0 aliphatic rings. The fourth-order valence-electron chi connectivity index (χ4n) is 1.58. The molecule has 0 fully saturated rings. The zero-order valence-electron chi connectivity index (χ0n) is 10.5. The first-order chi connectivity index (χ1) is 7.31. The van der Waals surface area contributed by atoms with Crippen LogP contribution in [0.15, 0.2) is 12.2 Å². The predicted molar refractivity (Wildman–Crippen MR) is 68.0 cm³/mol. The van der Waals surface area contributed by atoms with Gasteiger partial charge in [0.2, 0.25) is 0 Å². The van der Waals surface area contributed by atoms with Crippen LogP contribution < -0.4 is 0 Å². The van der Waals surface area contributed by atoms with E-state index >= 15 is 0 Å². The van der Waals surface area contributed by atoms with Gasteiger partial charge in [-0.15, -0.1) is 0 Å². The molecule has 0 aromatic rings. The van der Waals surface area contributed by atoms with Gasteiger partial charge in [0.1, 0.15) is 0 Å². The van der Waals surface area contributed by atoms with Gasteiger partial charge in [-0.25, -0.2) is 0 Å². The SMILES string of the molecule is CCCCCCCC/C=C/CC(O)CC. The van der Waals surface area contributed by atoms with Crippen LogP contribution in [0.25, 0.3) is 0 Å². The lowest BCUT2D eigenvalue weighted by molar-refractivity contribution is 0.173. The normalized spacial score (nSPS) is 13.5. The van der Waals surface area contributed by atoms with Crippen LogP contribution in [0, 0.1) is 0 Å². The molecule has 0 bridgehead atoms. The first kappa shape index (κ1) is 14.7. The summed E-state index contributed by atoms with van der Waals surface area (Å²) < 4.78 is 0. The van der Waals surface area contributed by atoms with Crippen molar-refractivity contribution >= 4 is 0 Å². The molecule has 0 aliphatic heterocycles. The summed E-state index contributed by atoms with van der Waals surface area (Å²) in [7, 11) is 0. The largest absolute Gasteiger partial charge is 0.393 e. The van der Waals surface area contributed by atoms with Crippen LogP contribution in [-0.2, 0) is 0 Å². The maximum absolute atomic E-state index is 9.31. The van der Waals surface area contributed by atoms with Gasteiger partial charge < -0.3 is 5.11 Å². The number of allylic oxidation sites excluding steroid dienone is 1. The number of aliphatic hydroxyl groups is 1. The summed E-state index contributed by atoms with van der Waals surface area (Å²) in [6.45, 7) is 4.27. The van der Waals surface area contributed by atoms with Crippen LogP contribution >= 0.6 is 0 Å². The molecular weight excluding hydrogens is 184 g/mol. The quantitative estimate of drug-likeness (QED) is 0.419. The molecular formula is C14H28O. The molecule has 15 heavy (non-hydrogen) atoms. The summed E-state index contributed by atoms with van der Waals surface area (Å²) in [6.07, 6.45) is 15.3. The Labute approximate surface area is 95.6 Å². The van der Waals surface area contributed by atoms with Gasteiger partial charge in [-0.05, 0) is 25.7 Å². The molecule has 90 valence electrons. The minimum atomic E-state index is -0.134. The van der Waals surface area contributed by atoms with Crippen molar-refractivity contribution in [2.75, 3.05) is 0 Å². The van der Waals surface area contributed by atoms with E-state index in [0.717, 1.165) is 12.8 Å². The van der Waals surface area contributed by atoms with Crippen LogP contribution in [0.1, 0.15) is 71.6 Å². The number of unbranched alkanes of at least 4 members (excludes halogenated alkanes) is 6. The van der Waals surface area contributed by atoms with Gasteiger partial charge in [0, 0.05) is 0 Å². The summed E-state index contributed by atoms with van der Waals surface area (Å²) in [5.74, 6) is 0. The fraction of sp³-hybridized carbons (Fsp3) is 0.857. The van der Waals surface area contributed by atoms with Gasteiger partial charge in [-0.3, -0.25) is 0 Å². The molecule has 0 rings (SSSR count). The van der Waals surface area contributed by atoms with Gasteiger partial charge in [-0.2, -0.15) is 0 Å². The van der Waals surface area contributed by atoms with Crippen molar-refractivity contribution in [1.29, 1.82) is 0 Å². The zero-order valence-corrected chi connectivity index (χ0v) is 10.5. The number of hydrogen-bond acceptors (Lipinski definition) is 1. The Morgan fingerprint density at radius 1 is 0.933 bits per heavy atom. The van der Waals surface area contributed by atoms with Crippen LogP contribution in [0.2, 0.25) is 0 Å². The van der Waals surface area contributed by atoms with Crippen LogP contribution in [0.5, 0.6) is 0 Å². The highest BCUT2D eigenvalue weighted by Gasteiger charge is 1.94. The Balaban J connectivity index is 3.09. The van der Waals surface area contributed by atoms with E-state index in [2.05, 4.69) is 19.1 Å². The minimum absolute atomic E-state index is 0.134. The van der Waals surface area contributed by atoms with Crippen LogP contribution in [0.3, 0.4) is 0 Å². The predicted octanol–water partition coefficient (Wildman–Crippen LogP) is 4.45. The first-order valence-electron chi connectivity index (χ1n) is 6.64. The molecule has 0 aromatic heterocycles.